The Hall–Kier alpha value is -1.72. The molecule has 1 N–H and O–H groups in total. The number of hydrogen-bond acceptors (Lipinski definition) is 4. The molecule has 1 unspecified atom stereocenters. The maximum Gasteiger partial charge on any atom is 0.251 e. The molecule has 2 amide bonds. The maximum absolute atomic E-state index is 12.3. The molecule has 1 atom stereocenters. The van der Waals surface area contributed by atoms with Gasteiger partial charge in [-0.2, -0.15) is 0 Å². The molecule has 1 aliphatic rings. The number of carbonyl (C=O) groups is 2. The molecule has 1 fully saturated rings. The number of anilines is 1. The smallest absolute Gasteiger partial charge is 0.251 e. The second-order valence-corrected chi connectivity index (χ2v) is 5.58. The van der Waals surface area contributed by atoms with Crippen LogP contribution in [-0.4, -0.2) is 37.6 Å². The van der Waals surface area contributed by atoms with E-state index in [0.29, 0.717) is 31.4 Å². The third-order valence-electron chi connectivity index (χ3n) is 3.25. The van der Waals surface area contributed by atoms with Crippen molar-refractivity contribution in [2.75, 3.05) is 24.7 Å². The first-order valence-electron chi connectivity index (χ1n) is 7.32. The normalized spacial score (nSPS) is 18.8. The summed E-state index contributed by atoms with van der Waals surface area (Å²) in [6.07, 6.45) is 0.206. The van der Waals surface area contributed by atoms with Gasteiger partial charge < -0.3 is 10.1 Å². The van der Waals surface area contributed by atoms with Crippen LogP contribution in [-0.2, 0) is 14.3 Å². The fraction of sp³-hybridized carbons (Fsp3) is 0.500. The SMILES string of the molecule is CC(C)COCCNC1CC(=O)N(c2ccccc2)C1=O. The number of carbonyl (C=O) groups excluding carboxylic acids is 2. The van der Waals surface area contributed by atoms with Crippen molar-refractivity contribution in [3.63, 3.8) is 0 Å². The second kappa shape index (κ2) is 7.33. The van der Waals surface area contributed by atoms with Gasteiger partial charge in [0.1, 0.15) is 0 Å². The predicted molar refractivity (Wildman–Crippen MR) is 81.0 cm³/mol. The van der Waals surface area contributed by atoms with Crippen LogP contribution in [0.15, 0.2) is 30.3 Å². The van der Waals surface area contributed by atoms with E-state index < -0.39 is 6.04 Å². The molecule has 1 heterocycles. The molecule has 114 valence electrons. The van der Waals surface area contributed by atoms with Gasteiger partial charge in [-0.3, -0.25) is 9.59 Å². The number of imide groups is 1. The van der Waals surface area contributed by atoms with Crippen molar-refractivity contribution in [1.29, 1.82) is 0 Å². The molecule has 0 bridgehead atoms. The molecule has 5 heteroatoms. The largest absolute Gasteiger partial charge is 0.380 e. The minimum atomic E-state index is -0.444. The summed E-state index contributed by atoms with van der Waals surface area (Å²) in [7, 11) is 0. The molecule has 1 saturated heterocycles. The molecule has 1 aliphatic heterocycles. The summed E-state index contributed by atoms with van der Waals surface area (Å²) in [4.78, 5) is 25.6. The van der Waals surface area contributed by atoms with Gasteiger partial charge in [0.15, 0.2) is 0 Å². The molecule has 5 nitrogen and oxygen atoms in total. The van der Waals surface area contributed by atoms with Crippen LogP contribution in [0.1, 0.15) is 20.3 Å². The van der Waals surface area contributed by atoms with Crippen LogP contribution in [0.2, 0.25) is 0 Å². The van der Waals surface area contributed by atoms with Gasteiger partial charge in [-0.05, 0) is 18.1 Å². The van der Waals surface area contributed by atoms with Crippen LogP contribution < -0.4 is 10.2 Å². The number of hydrogen-bond donors (Lipinski definition) is 1. The summed E-state index contributed by atoms with van der Waals surface area (Å²) >= 11 is 0. The van der Waals surface area contributed by atoms with Crippen molar-refractivity contribution >= 4 is 17.5 Å². The van der Waals surface area contributed by atoms with Crippen molar-refractivity contribution in [3.05, 3.63) is 30.3 Å². The van der Waals surface area contributed by atoms with Gasteiger partial charge in [0.25, 0.3) is 5.91 Å². The van der Waals surface area contributed by atoms with Gasteiger partial charge in [-0.1, -0.05) is 32.0 Å². The van der Waals surface area contributed by atoms with Gasteiger partial charge in [0.2, 0.25) is 5.91 Å². The molecule has 0 radical (unpaired) electrons. The van der Waals surface area contributed by atoms with Crippen molar-refractivity contribution in [3.8, 4) is 0 Å². The van der Waals surface area contributed by atoms with Crippen molar-refractivity contribution < 1.29 is 14.3 Å². The third-order valence-corrected chi connectivity index (χ3v) is 3.25. The Balaban J connectivity index is 1.84. The molecule has 2 rings (SSSR count). The van der Waals surface area contributed by atoms with E-state index in [1.54, 1.807) is 12.1 Å². The lowest BCUT2D eigenvalue weighted by molar-refractivity contribution is -0.121. The first kappa shape index (κ1) is 15.7. The Morgan fingerprint density at radius 3 is 2.67 bits per heavy atom. The molecule has 0 saturated carbocycles. The standard InChI is InChI=1S/C16H22N2O3/c1-12(2)11-21-9-8-17-14-10-15(19)18(16(14)20)13-6-4-3-5-7-13/h3-7,12,14,17H,8-11H2,1-2H3. The highest BCUT2D eigenvalue weighted by Crippen LogP contribution is 2.22. The number of rotatable bonds is 7. The van der Waals surface area contributed by atoms with Crippen LogP contribution in [0.25, 0.3) is 0 Å². The highest BCUT2D eigenvalue weighted by atomic mass is 16.5. The zero-order valence-corrected chi connectivity index (χ0v) is 12.5. The lowest BCUT2D eigenvalue weighted by Crippen LogP contribution is -2.40. The monoisotopic (exact) mass is 290 g/mol. The van der Waals surface area contributed by atoms with Crippen molar-refractivity contribution in [2.24, 2.45) is 5.92 Å². The molecular formula is C16H22N2O3. The van der Waals surface area contributed by atoms with Crippen LogP contribution in [0.4, 0.5) is 5.69 Å². The maximum atomic E-state index is 12.3. The van der Waals surface area contributed by atoms with Crippen molar-refractivity contribution in [2.45, 2.75) is 26.3 Å². The van der Waals surface area contributed by atoms with E-state index in [9.17, 15) is 9.59 Å². The van der Waals surface area contributed by atoms with E-state index in [-0.39, 0.29) is 18.2 Å². The van der Waals surface area contributed by atoms with E-state index in [0.717, 1.165) is 0 Å². The number of nitrogens with one attached hydrogen (secondary N) is 1. The highest BCUT2D eigenvalue weighted by molar-refractivity contribution is 6.22. The Bertz CT molecular complexity index is 488. The number of benzene rings is 1. The minimum absolute atomic E-state index is 0.160. The van der Waals surface area contributed by atoms with Crippen LogP contribution >= 0.6 is 0 Å². The summed E-state index contributed by atoms with van der Waals surface area (Å²) in [6, 6.07) is 8.58. The fourth-order valence-corrected chi connectivity index (χ4v) is 2.26. The van der Waals surface area contributed by atoms with Gasteiger partial charge in [-0.25, -0.2) is 4.90 Å². The number of amides is 2. The number of ether oxygens (including phenoxy) is 1. The third kappa shape index (κ3) is 4.12. The average molecular weight is 290 g/mol. The summed E-state index contributed by atoms with van der Waals surface area (Å²) in [5.74, 6) is 0.148. The molecule has 0 aliphatic carbocycles. The van der Waals surface area contributed by atoms with E-state index in [4.69, 9.17) is 4.74 Å². The van der Waals surface area contributed by atoms with Gasteiger partial charge in [-0.15, -0.1) is 0 Å². The fourth-order valence-electron chi connectivity index (χ4n) is 2.26. The topological polar surface area (TPSA) is 58.6 Å². The van der Waals surface area contributed by atoms with E-state index in [1.165, 1.54) is 4.90 Å². The zero-order valence-electron chi connectivity index (χ0n) is 12.5. The lowest BCUT2D eigenvalue weighted by atomic mass is 10.2. The predicted octanol–water partition coefficient (Wildman–Crippen LogP) is 1.58. The quantitative estimate of drug-likeness (QED) is 0.612. The van der Waals surface area contributed by atoms with E-state index >= 15 is 0 Å². The molecule has 0 aromatic heterocycles. The average Bonchev–Trinajstić information content (AvgIpc) is 2.74. The minimum Gasteiger partial charge on any atom is -0.380 e. The Kier molecular flexibility index (Phi) is 5.47. The molecule has 21 heavy (non-hydrogen) atoms. The summed E-state index contributed by atoms with van der Waals surface area (Å²) in [5.41, 5.74) is 0.632. The summed E-state index contributed by atoms with van der Waals surface area (Å²) in [6.45, 7) is 5.99. The van der Waals surface area contributed by atoms with Gasteiger partial charge >= 0.3 is 0 Å². The van der Waals surface area contributed by atoms with E-state index in [1.807, 2.05) is 18.2 Å². The Labute approximate surface area is 125 Å². The van der Waals surface area contributed by atoms with E-state index in [2.05, 4.69) is 19.2 Å². The Morgan fingerprint density at radius 1 is 1.29 bits per heavy atom. The Morgan fingerprint density at radius 2 is 2.00 bits per heavy atom. The highest BCUT2D eigenvalue weighted by Gasteiger charge is 2.38. The zero-order chi connectivity index (χ0) is 15.2. The summed E-state index contributed by atoms with van der Waals surface area (Å²) in [5, 5.41) is 3.10. The molecular weight excluding hydrogens is 268 g/mol. The first-order valence-corrected chi connectivity index (χ1v) is 7.32. The first-order chi connectivity index (χ1) is 10.1. The van der Waals surface area contributed by atoms with Crippen LogP contribution in [0.5, 0.6) is 0 Å². The number of nitrogens with zero attached hydrogens (tertiary/aromatic N) is 1. The molecule has 1 aromatic carbocycles. The lowest BCUT2D eigenvalue weighted by Gasteiger charge is -2.15. The van der Waals surface area contributed by atoms with Gasteiger partial charge in [0.05, 0.1) is 24.8 Å². The van der Waals surface area contributed by atoms with Gasteiger partial charge in [0, 0.05) is 13.2 Å². The van der Waals surface area contributed by atoms with Crippen LogP contribution in [0.3, 0.4) is 0 Å². The second-order valence-electron chi connectivity index (χ2n) is 5.58. The summed E-state index contributed by atoms with van der Waals surface area (Å²) < 4.78 is 5.46. The number of para-hydroxylation sites is 1. The molecule has 0 spiro atoms. The van der Waals surface area contributed by atoms with Crippen molar-refractivity contribution in [1.82, 2.24) is 5.32 Å². The molecule has 1 aromatic rings. The van der Waals surface area contributed by atoms with Crippen LogP contribution in [0, 0.1) is 5.92 Å².